The Hall–Kier alpha value is -1.13. The van der Waals surface area contributed by atoms with Gasteiger partial charge in [-0.1, -0.05) is 81.6 Å². The van der Waals surface area contributed by atoms with Gasteiger partial charge in [0.25, 0.3) is 0 Å². The number of carboxylic acid groups (broad SMARTS) is 1. The van der Waals surface area contributed by atoms with Crippen LogP contribution >= 0.6 is 0 Å². The topological polar surface area (TPSA) is 77.8 Å². The van der Waals surface area contributed by atoms with Gasteiger partial charge in [-0.25, -0.2) is 0 Å². The maximum Gasteiger partial charge on any atom is 0.303 e. The van der Waals surface area contributed by atoms with Gasteiger partial charge in [-0.2, -0.15) is 0 Å². The molecule has 2 aliphatic carbocycles. The fourth-order valence-electron chi connectivity index (χ4n) is 5.27. The number of aliphatic hydroxyl groups excluding tert-OH is 2. The second kappa shape index (κ2) is 14.0. The largest absolute Gasteiger partial charge is 0.481 e. The average Bonchev–Trinajstić information content (AvgIpc) is 3.05. The van der Waals surface area contributed by atoms with E-state index in [1.165, 1.54) is 43.3 Å². The summed E-state index contributed by atoms with van der Waals surface area (Å²) in [6, 6.07) is 0. The molecule has 2 rings (SSSR count). The summed E-state index contributed by atoms with van der Waals surface area (Å²) in [6.45, 7) is 2.17. The maximum atomic E-state index is 10.8. The third-order valence-electron chi connectivity index (χ3n) is 6.99. The van der Waals surface area contributed by atoms with E-state index < -0.39 is 12.1 Å². The van der Waals surface area contributed by atoms with Gasteiger partial charge in [0.15, 0.2) is 0 Å². The summed E-state index contributed by atoms with van der Waals surface area (Å²) < 4.78 is 0. The highest BCUT2D eigenvalue weighted by Gasteiger charge is 2.35. The van der Waals surface area contributed by atoms with Crippen LogP contribution in [0.5, 0.6) is 0 Å². The Morgan fingerprint density at radius 3 is 2.50 bits per heavy atom. The zero-order valence-corrected chi connectivity index (χ0v) is 19.0. The first-order valence-electron chi connectivity index (χ1n) is 12.5. The minimum absolute atomic E-state index is 0.0433. The van der Waals surface area contributed by atoms with Crippen LogP contribution in [-0.4, -0.2) is 33.5 Å². The highest BCUT2D eigenvalue weighted by atomic mass is 16.4. The second-order valence-corrected chi connectivity index (χ2v) is 9.44. The van der Waals surface area contributed by atoms with Gasteiger partial charge in [0.1, 0.15) is 0 Å². The highest BCUT2D eigenvalue weighted by Crippen LogP contribution is 2.44. The summed E-state index contributed by atoms with van der Waals surface area (Å²) >= 11 is 0. The van der Waals surface area contributed by atoms with E-state index in [2.05, 4.69) is 13.0 Å². The first kappa shape index (κ1) is 25.1. The predicted octanol–water partition coefficient (Wildman–Crippen LogP) is 6.17. The van der Waals surface area contributed by atoms with Gasteiger partial charge in [0.2, 0.25) is 0 Å². The van der Waals surface area contributed by atoms with E-state index in [0.717, 1.165) is 64.2 Å². The van der Waals surface area contributed by atoms with E-state index in [9.17, 15) is 15.0 Å². The molecule has 0 radical (unpaired) electrons. The molecule has 172 valence electrons. The Bertz CT molecular complexity index is 559. The van der Waals surface area contributed by atoms with Crippen LogP contribution in [0, 0.1) is 11.8 Å². The fourth-order valence-corrected chi connectivity index (χ4v) is 5.27. The number of carbonyl (C=O) groups is 1. The third kappa shape index (κ3) is 8.55. The molecule has 1 saturated carbocycles. The lowest BCUT2D eigenvalue weighted by atomic mass is 9.81. The van der Waals surface area contributed by atoms with E-state index in [1.54, 1.807) is 0 Å². The molecule has 0 spiro atoms. The van der Waals surface area contributed by atoms with Crippen molar-refractivity contribution in [2.45, 2.75) is 122 Å². The van der Waals surface area contributed by atoms with E-state index in [4.69, 9.17) is 5.11 Å². The fraction of sp³-hybridized carbons (Fsp3) is 0.808. The Kier molecular flexibility index (Phi) is 11.8. The summed E-state index contributed by atoms with van der Waals surface area (Å²) in [5, 5.41) is 30.0. The molecule has 0 bridgehead atoms. The lowest BCUT2D eigenvalue weighted by Crippen LogP contribution is -2.15. The third-order valence-corrected chi connectivity index (χ3v) is 6.99. The first-order valence-corrected chi connectivity index (χ1v) is 12.5. The Morgan fingerprint density at radius 2 is 1.80 bits per heavy atom. The molecule has 0 aliphatic heterocycles. The molecule has 3 atom stereocenters. The zero-order chi connectivity index (χ0) is 21.8. The van der Waals surface area contributed by atoms with Crippen molar-refractivity contribution in [1.29, 1.82) is 0 Å². The maximum absolute atomic E-state index is 10.8. The van der Waals surface area contributed by atoms with Crippen LogP contribution in [-0.2, 0) is 4.79 Å². The molecule has 4 heteroatoms. The van der Waals surface area contributed by atoms with Crippen molar-refractivity contribution in [1.82, 2.24) is 0 Å². The first-order chi connectivity index (χ1) is 14.5. The van der Waals surface area contributed by atoms with Crippen molar-refractivity contribution in [3.05, 3.63) is 23.3 Å². The van der Waals surface area contributed by atoms with E-state index >= 15 is 0 Å². The van der Waals surface area contributed by atoms with Crippen LogP contribution in [0.15, 0.2) is 23.3 Å². The van der Waals surface area contributed by atoms with Crippen LogP contribution in [0.2, 0.25) is 0 Å². The zero-order valence-electron chi connectivity index (χ0n) is 19.0. The molecule has 0 aromatic carbocycles. The van der Waals surface area contributed by atoms with Crippen molar-refractivity contribution in [2.24, 2.45) is 11.8 Å². The summed E-state index contributed by atoms with van der Waals surface area (Å²) in [5.41, 5.74) is 2.92. The SMILES string of the molecule is CCCCC[C@H](O)/C=C/[C@@H]1C(CCCCCCC(=O)O)=C(C2CCCCC2)C[C@H]1O. The lowest BCUT2D eigenvalue weighted by Gasteiger charge is -2.25. The Morgan fingerprint density at radius 1 is 1.07 bits per heavy atom. The summed E-state index contributed by atoms with van der Waals surface area (Å²) in [5.74, 6) is -0.0380. The van der Waals surface area contributed by atoms with Gasteiger partial charge < -0.3 is 15.3 Å². The Labute approximate surface area is 183 Å². The monoisotopic (exact) mass is 420 g/mol. The van der Waals surface area contributed by atoms with Crippen LogP contribution < -0.4 is 0 Å². The van der Waals surface area contributed by atoms with Crippen molar-refractivity contribution >= 4 is 5.97 Å². The van der Waals surface area contributed by atoms with E-state index in [1.807, 2.05) is 6.08 Å². The number of aliphatic carboxylic acids is 1. The number of aliphatic hydroxyl groups is 2. The molecular weight excluding hydrogens is 376 g/mol. The van der Waals surface area contributed by atoms with Crippen LogP contribution in [0.25, 0.3) is 0 Å². The summed E-state index contributed by atoms with van der Waals surface area (Å²) in [6.07, 6.45) is 19.6. The molecule has 1 fully saturated rings. The van der Waals surface area contributed by atoms with Crippen LogP contribution in [0.4, 0.5) is 0 Å². The van der Waals surface area contributed by atoms with Gasteiger partial charge in [-0.15, -0.1) is 0 Å². The normalized spacial score (nSPS) is 24.1. The van der Waals surface area contributed by atoms with Gasteiger partial charge in [0.05, 0.1) is 12.2 Å². The number of hydrogen-bond acceptors (Lipinski definition) is 3. The van der Waals surface area contributed by atoms with Crippen molar-refractivity contribution in [3.8, 4) is 0 Å². The molecule has 0 saturated heterocycles. The number of rotatable bonds is 14. The molecule has 0 aromatic rings. The number of unbranched alkanes of at least 4 members (excludes halogenated alkanes) is 5. The molecule has 4 nitrogen and oxygen atoms in total. The average molecular weight is 421 g/mol. The van der Waals surface area contributed by atoms with E-state index in [0.29, 0.717) is 5.92 Å². The van der Waals surface area contributed by atoms with Crippen molar-refractivity contribution in [2.75, 3.05) is 0 Å². The minimum atomic E-state index is -0.709. The van der Waals surface area contributed by atoms with E-state index in [-0.39, 0.29) is 18.4 Å². The predicted molar refractivity (Wildman–Crippen MR) is 122 cm³/mol. The summed E-state index contributed by atoms with van der Waals surface area (Å²) in [4.78, 5) is 10.7. The molecule has 0 heterocycles. The molecular formula is C26H44O4. The smallest absolute Gasteiger partial charge is 0.303 e. The van der Waals surface area contributed by atoms with Gasteiger partial charge in [0, 0.05) is 12.3 Å². The number of hydrogen-bond donors (Lipinski definition) is 3. The molecule has 30 heavy (non-hydrogen) atoms. The summed E-state index contributed by atoms with van der Waals surface area (Å²) in [7, 11) is 0. The van der Waals surface area contributed by atoms with Crippen LogP contribution in [0.1, 0.15) is 110 Å². The number of carboxylic acids is 1. The molecule has 2 aliphatic rings. The Balaban J connectivity index is 1.99. The lowest BCUT2D eigenvalue weighted by molar-refractivity contribution is -0.137. The quantitative estimate of drug-likeness (QED) is 0.232. The molecule has 0 amide bonds. The van der Waals surface area contributed by atoms with Gasteiger partial charge >= 0.3 is 5.97 Å². The van der Waals surface area contributed by atoms with Gasteiger partial charge in [-0.3, -0.25) is 4.79 Å². The van der Waals surface area contributed by atoms with Crippen LogP contribution in [0.3, 0.4) is 0 Å². The minimum Gasteiger partial charge on any atom is -0.481 e. The molecule has 3 N–H and O–H groups in total. The standard InChI is InChI=1S/C26H44O4/c1-2-3-7-14-21(27)17-18-23-22(15-10-4-5-11-16-26(29)30)24(19-25(23)28)20-12-8-6-9-13-20/h17-18,20-21,23,25,27-28H,2-16,19H2,1H3,(H,29,30)/b18-17+/t21-,23+,25+/m0/s1. The molecule has 0 unspecified atom stereocenters. The second-order valence-electron chi connectivity index (χ2n) is 9.44. The van der Waals surface area contributed by atoms with Gasteiger partial charge in [-0.05, 0) is 50.9 Å². The highest BCUT2D eigenvalue weighted by molar-refractivity contribution is 5.66. The van der Waals surface area contributed by atoms with Crippen molar-refractivity contribution < 1.29 is 20.1 Å². The molecule has 0 aromatic heterocycles. The van der Waals surface area contributed by atoms with Crippen molar-refractivity contribution in [3.63, 3.8) is 0 Å².